The van der Waals surface area contributed by atoms with Crippen molar-refractivity contribution in [3.8, 4) is 0 Å². The zero-order valence-corrected chi connectivity index (χ0v) is 9.03. The average molecular weight is 248 g/mol. The second-order valence-corrected chi connectivity index (χ2v) is 3.28. The smallest absolute Gasteiger partial charge is 0.282 e. The molecule has 1 aromatic heterocycles. The highest BCUT2D eigenvalue weighted by atomic mass is 16.6. The van der Waals surface area contributed by atoms with E-state index >= 15 is 0 Å². The number of hydrogen-bond donors (Lipinski definition) is 2. The van der Waals surface area contributed by atoms with Crippen LogP contribution in [0.5, 0.6) is 0 Å². The normalized spacial score (nSPS) is 10.0. The Kier molecular flexibility index (Phi) is 3.23. The highest BCUT2D eigenvalue weighted by Crippen LogP contribution is 2.17. The third-order valence-electron chi connectivity index (χ3n) is 2.14. The summed E-state index contributed by atoms with van der Waals surface area (Å²) in [6, 6.07) is 5.69. The van der Waals surface area contributed by atoms with E-state index in [0.717, 1.165) is 0 Å². The van der Waals surface area contributed by atoms with Crippen molar-refractivity contribution in [2.75, 3.05) is 0 Å². The Bertz CT molecular complexity index is 567. The molecule has 0 aliphatic carbocycles. The molecule has 0 atom stereocenters. The highest BCUT2D eigenvalue weighted by molar-refractivity contribution is 5.97. The number of aromatic amines is 1. The van der Waals surface area contributed by atoms with Gasteiger partial charge < -0.3 is 5.32 Å². The van der Waals surface area contributed by atoms with Crippen molar-refractivity contribution in [1.82, 2.24) is 25.9 Å². The van der Waals surface area contributed by atoms with E-state index in [-0.39, 0.29) is 17.8 Å². The lowest BCUT2D eigenvalue weighted by Crippen LogP contribution is -2.24. The van der Waals surface area contributed by atoms with Crippen LogP contribution in [0.25, 0.3) is 0 Å². The molecule has 0 aliphatic heterocycles. The number of aromatic nitrogens is 4. The van der Waals surface area contributed by atoms with Crippen LogP contribution in [0.1, 0.15) is 16.2 Å². The van der Waals surface area contributed by atoms with Crippen LogP contribution in [0.4, 0.5) is 5.69 Å². The first-order chi connectivity index (χ1) is 8.68. The molecule has 1 amide bonds. The lowest BCUT2D eigenvalue weighted by Gasteiger charge is -2.02. The molecule has 0 spiro atoms. The largest absolute Gasteiger partial charge is 0.344 e. The molecule has 0 bridgehead atoms. The Hall–Kier alpha value is -2.84. The summed E-state index contributed by atoms with van der Waals surface area (Å²) in [5.41, 5.74) is -0.255. The Morgan fingerprint density at radius 2 is 2.22 bits per heavy atom. The summed E-state index contributed by atoms with van der Waals surface area (Å²) in [4.78, 5) is 21.9. The molecule has 0 radical (unpaired) electrons. The molecule has 2 N–H and O–H groups in total. The van der Waals surface area contributed by atoms with Gasteiger partial charge in [0.25, 0.3) is 11.6 Å². The Morgan fingerprint density at radius 1 is 1.44 bits per heavy atom. The van der Waals surface area contributed by atoms with E-state index in [2.05, 4.69) is 25.9 Å². The predicted octanol–water partition coefficient (Wildman–Crippen LogP) is 0.0379. The van der Waals surface area contributed by atoms with Gasteiger partial charge in [0.15, 0.2) is 5.82 Å². The molecule has 0 fully saturated rings. The second kappa shape index (κ2) is 4.99. The van der Waals surface area contributed by atoms with Gasteiger partial charge in [-0.2, -0.15) is 5.21 Å². The number of hydrogen-bond acceptors (Lipinski definition) is 6. The summed E-state index contributed by atoms with van der Waals surface area (Å²) in [7, 11) is 0. The quantitative estimate of drug-likeness (QED) is 0.580. The number of H-pyrrole nitrogens is 1. The number of carbonyl (C=O) groups excluding carboxylic acids is 1. The number of nitrogens with one attached hydrogen (secondary N) is 2. The fourth-order valence-electron chi connectivity index (χ4n) is 1.34. The van der Waals surface area contributed by atoms with E-state index in [1.165, 1.54) is 18.2 Å². The zero-order valence-electron chi connectivity index (χ0n) is 9.03. The molecule has 0 saturated heterocycles. The molecule has 9 heteroatoms. The topological polar surface area (TPSA) is 127 Å². The van der Waals surface area contributed by atoms with Crippen LogP contribution < -0.4 is 5.32 Å². The minimum absolute atomic E-state index is 0.00834. The van der Waals surface area contributed by atoms with Crippen LogP contribution in [0.2, 0.25) is 0 Å². The van der Waals surface area contributed by atoms with E-state index < -0.39 is 10.8 Å². The second-order valence-electron chi connectivity index (χ2n) is 3.28. The van der Waals surface area contributed by atoms with Crippen LogP contribution in [0.15, 0.2) is 24.3 Å². The number of para-hydroxylation sites is 1. The van der Waals surface area contributed by atoms with E-state index in [1.54, 1.807) is 6.07 Å². The maximum atomic E-state index is 11.8. The number of nitrogens with zero attached hydrogens (tertiary/aromatic N) is 4. The van der Waals surface area contributed by atoms with Gasteiger partial charge in [-0.25, -0.2) is 0 Å². The molecular weight excluding hydrogens is 240 g/mol. The van der Waals surface area contributed by atoms with Crippen LogP contribution in [-0.2, 0) is 6.54 Å². The van der Waals surface area contributed by atoms with Crippen molar-refractivity contribution in [3.63, 3.8) is 0 Å². The number of carbonyl (C=O) groups is 1. The molecule has 2 rings (SSSR count). The number of rotatable bonds is 4. The van der Waals surface area contributed by atoms with Crippen LogP contribution >= 0.6 is 0 Å². The maximum Gasteiger partial charge on any atom is 0.282 e. The fraction of sp³-hybridized carbons (Fsp3) is 0.111. The Balaban J connectivity index is 2.11. The number of nitro groups is 1. The van der Waals surface area contributed by atoms with Gasteiger partial charge in [0.2, 0.25) is 0 Å². The molecule has 18 heavy (non-hydrogen) atoms. The summed E-state index contributed by atoms with van der Waals surface area (Å²) in [6.45, 7) is 0.0430. The van der Waals surface area contributed by atoms with Crippen molar-refractivity contribution in [1.29, 1.82) is 0 Å². The molecule has 0 saturated carbocycles. The van der Waals surface area contributed by atoms with Crippen LogP contribution in [0.3, 0.4) is 0 Å². The molecule has 2 aromatic rings. The molecule has 0 unspecified atom stereocenters. The van der Waals surface area contributed by atoms with Crippen molar-refractivity contribution < 1.29 is 9.72 Å². The first-order valence-corrected chi connectivity index (χ1v) is 4.92. The molecule has 92 valence electrons. The summed E-state index contributed by atoms with van der Waals surface area (Å²) in [5.74, 6) is -0.269. The first kappa shape index (κ1) is 11.6. The average Bonchev–Trinajstić information content (AvgIpc) is 2.89. The monoisotopic (exact) mass is 248 g/mol. The zero-order chi connectivity index (χ0) is 13.0. The van der Waals surface area contributed by atoms with E-state index in [1.807, 2.05) is 0 Å². The minimum Gasteiger partial charge on any atom is -0.344 e. The lowest BCUT2D eigenvalue weighted by atomic mass is 10.1. The summed E-state index contributed by atoms with van der Waals surface area (Å²) >= 11 is 0. The molecule has 0 aliphatic rings. The van der Waals surface area contributed by atoms with Crippen LogP contribution in [-0.4, -0.2) is 31.5 Å². The van der Waals surface area contributed by atoms with Crippen molar-refractivity contribution in [2.24, 2.45) is 0 Å². The molecule has 1 aromatic carbocycles. The van der Waals surface area contributed by atoms with Crippen molar-refractivity contribution >= 4 is 11.6 Å². The van der Waals surface area contributed by atoms with Gasteiger partial charge in [-0.05, 0) is 6.07 Å². The van der Waals surface area contributed by atoms with Crippen LogP contribution in [0, 0.1) is 10.1 Å². The summed E-state index contributed by atoms with van der Waals surface area (Å²) in [5, 5.41) is 26.1. The van der Waals surface area contributed by atoms with E-state index in [0.29, 0.717) is 5.82 Å². The Labute approximate surface area is 100 Å². The Morgan fingerprint density at radius 3 is 2.89 bits per heavy atom. The van der Waals surface area contributed by atoms with Gasteiger partial charge in [-0.15, -0.1) is 10.2 Å². The summed E-state index contributed by atoms with van der Waals surface area (Å²) < 4.78 is 0. The number of benzene rings is 1. The predicted molar refractivity (Wildman–Crippen MR) is 58.4 cm³/mol. The van der Waals surface area contributed by atoms with E-state index in [9.17, 15) is 14.9 Å². The first-order valence-electron chi connectivity index (χ1n) is 4.92. The number of nitro benzene ring substituents is 1. The highest BCUT2D eigenvalue weighted by Gasteiger charge is 2.18. The molecular formula is C9H8N6O3. The maximum absolute atomic E-state index is 11.8. The number of tetrazole rings is 1. The SMILES string of the molecule is O=C(NCc1nn[nH]n1)c1ccccc1[N+](=O)[O-]. The molecule has 9 nitrogen and oxygen atoms in total. The van der Waals surface area contributed by atoms with Gasteiger partial charge in [-0.1, -0.05) is 17.3 Å². The molecule has 1 heterocycles. The summed E-state index contributed by atoms with van der Waals surface area (Å²) in [6.07, 6.45) is 0. The van der Waals surface area contributed by atoms with Gasteiger partial charge in [0.05, 0.1) is 11.5 Å². The third kappa shape index (κ3) is 2.45. The van der Waals surface area contributed by atoms with Gasteiger partial charge in [0, 0.05) is 6.07 Å². The number of amides is 1. The standard InChI is InChI=1S/C9H8N6O3/c16-9(10-5-8-11-13-14-12-8)6-3-1-2-4-7(6)15(17)18/h1-4H,5H2,(H,10,16)(H,11,12,13,14). The minimum atomic E-state index is -0.608. The van der Waals surface area contributed by atoms with Gasteiger partial charge in [0.1, 0.15) is 5.56 Å². The van der Waals surface area contributed by atoms with Crippen molar-refractivity contribution in [3.05, 3.63) is 45.8 Å². The fourth-order valence-corrected chi connectivity index (χ4v) is 1.34. The van der Waals surface area contributed by atoms with Gasteiger partial charge >= 0.3 is 0 Å². The third-order valence-corrected chi connectivity index (χ3v) is 2.14. The van der Waals surface area contributed by atoms with E-state index in [4.69, 9.17) is 0 Å². The van der Waals surface area contributed by atoms with Gasteiger partial charge in [-0.3, -0.25) is 14.9 Å². The van der Waals surface area contributed by atoms with Crippen molar-refractivity contribution in [2.45, 2.75) is 6.54 Å². The lowest BCUT2D eigenvalue weighted by molar-refractivity contribution is -0.385.